The Hall–Kier alpha value is -0.660. The topological polar surface area (TPSA) is 34.1 Å². The number of Topliss-reactive ketones (excluding diaryl/α,β-unsaturated/α-hetero) is 2. The van der Waals surface area contributed by atoms with Crippen molar-refractivity contribution in [1.29, 1.82) is 0 Å². The van der Waals surface area contributed by atoms with Crippen LogP contribution in [0.3, 0.4) is 0 Å². The van der Waals surface area contributed by atoms with Crippen LogP contribution >= 0.6 is 0 Å². The third-order valence-electron chi connectivity index (χ3n) is 5.72. The summed E-state index contributed by atoms with van der Waals surface area (Å²) < 4.78 is 0. The Morgan fingerprint density at radius 2 is 0.900 bits per heavy atom. The van der Waals surface area contributed by atoms with Gasteiger partial charge in [0.15, 0.2) is 0 Å². The number of ketones is 2. The maximum Gasteiger partial charge on any atom is 0.134 e. The Labute approximate surface area is 123 Å². The lowest BCUT2D eigenvalue weighted by Crippen LogP contribution is -2.51. The first-order chi connectivity index (χ1) is 8.87. The molecule has 0 radical (unpaired) electrons. The number of carbonyl (C=O) groups excluding carboxylic acids is 2. The molecule has 0 bridgehead atoms. The molecule has 114 valence electrons. The molecule has 2 saturated carbocycles. The van der Waals surface area contributed by atoms with Crippen molar-refractivity contribution in [2.45, 2.75) is 80.1 Å². The van der Waals surface area contributed by atoms with E-state index in [9.17, 15) is 9.59 Å². The van der Waals surface area contributed by atoms with Gasteiger partial charge in [-0.1, -0.05) is 41.5 Å². The quantitative estimate of drug-likeness (QED) is 0.704. The van der Waals surface area contributed by atoms with Gasteiger partial charge in [0, 0.05) is 25.7 Å². The molecule has 2 heteroatoms. The Bertz CT molecular complexity index is 404. The largest absolute Gasteiger partial charge is 0.300 e. The van der Waals surface area contributed by atoms with Crippen molar-refractivity contribution >= 4 is 11.6 Å². The summed E-state index contributed by atoms with van der Waals surface area (Å²) in [6.45, 7) is 13.3. The summed E-state index contributed by atoms with van der Waals surface area (Å²) in [5, 5.41) is 0. The summed E-state index contributed by atoms with van der Waals surface area (Å²) in [7, 11) is 0. The minimum atomic E-state index is -0.0425. The molecule has 0 heterocycles. The molecule has 2 nitrogen and oxygen atoms in total. The Morgan fingerprint density at radius 1 is 0.600 bits per heavy atom. The van der Waals surface area contributed by atoms with Crippen LogP contribution in [0.2, 0.25) is 0 Å². The number of rotatable bonds is 1. The Balaban J connectivity index is 2.36. The van der Waals surface area contributed by atoms with E-state index in [1.54, 1.807) is 0 Å². The van der Waals surface area contributed by atoms with E-state index in [4.69, 9.17) is 0 Å². The van der Waals surface area contributed by atoms with E-state index in [1.165, 1.54) is 0 Å². The average Bonchev–Trinajstić information content (AvgIpc) is 2.07. The second kappa shape index (κ2) is 4.42. The molecule has 0 unspecified atom stereocenters. The number of carbonyl (C=O) groups is 2. The molecule has 2 aliphatic carbocycles. The summed E-state index contributed by atoms with van der Waals surface area (Å²) in [6.07, 6.45) is 4.77. The van der Waals surface area contributed by atoms with Crippen LogP contribution in [0.1, 0.15) is 80.1 Å². The van der Waals surface area contributed by atoms with Crippen LogP contribution in [-0.4, -0.2) is 11.6 Å². The summed E-state index contributed by atoms with van der Waals surface area (Å²) >= 11 is 0. The second-order valence-electron chi connectivity index (χ2n) is 9.59. The first-order valence-electron chi connectivity index (χ1n) is 7.90. The number of hydrogen-bond donors (Lipinski definition) is 0. The van der Waals surface area contributed by atoms with Gasteiger partial charge in [-0.3, -0.25) is 9.59 Å². The van der Waals surface area contributed by atoms with Gasteiger partial charge in [-0.15, -0.1) is 0 Å². The molecular weight excluding hydrogens is 248 g/mol. The monoisotopic (exact) mass is 278 g/mol. The van der Waals surface area contributed by atoms with Crippen molar-refractivity contribution in [3.8, 4) is 0 Å². The maximum atomic E-state index is 12.2. The van der Waals surface area contributed by atoms with Crippen LogP contribution in [0.25, 0.3) is 0 Å². The standard InChI is InChI=1S/C18H30O2/c1-15(2)7-13(19)9-17(5,11-15)18(6)10-14(20)8-16(3,4)12-18/h7-12H2,1-6H3/t17-,18+. The van der Waals surface area contributed by atoms with Gasteiger partial charge in [-0.2, -0.15) is 0 Å². The lowest BCUT2D eigenvalue weighted by molar-refractivity contribution is -0.146. The van der Waals surface area contributed by atoms with Crippen molar-refractivity contribution in [3.05, 3.63) is 0 Å². The van der Waals surface area contributed by atoms with E-state index in [0.29, 0.717) is 37.2 Å². The molecule has 0 amide bonds. The Kier molecular flexibility index (Phi) is 3.47. The smallest absolute Gasteiger partial charge is 0.134 e. The van der Waals surface area contributed by atoms with Crippen LogP contribution in [0.5, 0.6) is 0 Å². The van der Waals surface area contributed by atoms with E-state index in [-0.39, 0.29) is 21.7 Å². The zero-order valence-corrected chi connectivity index (χ0v) is 14.1. The highest BCUT2D eigenvalue weighted by Crippen LogP contribution is 2.61. The summed E-state index contributed by atoms with van der Waals surface area (Å²) in [5.74, 6) is 0.751. The van der Waals surface area contributed by atoms with Gasteiger partial charge in [0.1, 0.15) is 11.6 Å². The molecule has 2 aliphatic rings. The minimum absolute atomic E-state index is 0.0425. The third-order valence-corrected chi connectivity index (χ3v) is 5.72. The van der Waals surface area contributed by atoms with Crippen LogP contribution in [-0.2, 0) is 9.59 Å². The van der Waals surface area contributed by atoms with Gasteiger partial charge in [-0.25, -0.2) is 0 Å². The summed E-state index contributed by atoms with van der Waals surface area (Å²) in [5.41, 5.74) is 0.0494. The summed E-state index contributed by atoms with van der Waals surface area (Å²) in [4.78, 5) is 24.5. The zero-order chi connectivity index (χ0) is 15.4. The fraction of sp³-hybridized carbons (Fsp3) is 0.889. The molecule has 0 aromatic carbocycles. The van der Waals surface area contributed by atoms with E-state index in [0.717, 1.165) is 12.8 Å². The molecule has 0 aromatic rings. The average molecular weight is 278 g/mol. The molecule has 0 aliphatic heterocycles. The number of hydrogen-bond acceptors (Lipinski definition) is 2. The van der Waals surface area contributed by atoms with Crippen molar-refractivity contribution in [2.24, 2.45) is 21.7 Å². The van der Waals surface area contributed by atoms with E-state index in [2.05, 4.69) is 41.5 Å². The molecule has 0 aromatic heterocycles. The third kappa shape index (κ3) is 2.84. The predicted molar refractivity (Wildman–Crippen MR) is 81.5 cm³/mol. The first kappa shape index (κ1) is 15.7. The SMILES string of the molecule is CC1(C)CC(=O)C[C@](C)([C@]2(C)CC(=O)CC(C)(C)C2)C1. The second-order valence-corrected chi connectivity index (χ2v) is 9.59. The Morgan fingerprint density at radius 3 is 1.15 bits per heavy atom. The summed E-state index contributed by atoms with van der Waals surface area (Å²) in [6, 6.07) is 0. The molecular formula is C18H30O2. The highest BCUT2D eigenvalue weighted by molar-refractivity contribution is 5.83. The van der Waals surface area contributed by atoms with Crippen molar-refractivity contribution in [3.63, 3.8) is 0 Å². The van der Waals surface area contributed by atoms with Gasteiger partial charge in [0.2, 0.25) is 0 Å². The first-order valence-corrected chi connectivity index (χ1v) is 7.90. The van der Waals surface area contributed by atoms with Gasteiger partial charge in [-0.05, 0) is 34.5 Å². The van der Waals surface area contributed by atoms with E-state index >= 15 is 0 Å². The highest BCUT2D eigenvalue weighted by atomic mass is 16.1. The van der Waals surface area contributed by atoms with Crippen molar-refractivity contribution in [1.82, 2.24) is 0 Å². The van der Waals surface area contributed by atoms with Crippen molar-refractivity contribution in [2.75, 3.05) is 0 Å². The fourth-order valence-corrected chi connectivity index (χ4v) is 5.28. The molecule has 0 spiro atoms. The van der Waals surface area contributed by atoms with Crippen LogP contribution in [0.4, 0.5) is 0 Å². The maximum absolute atomic E-state index is 12.2. The highest BCUT2D eigenvalue weighted by Gasteiger charge is 2.55. The zero-order valence-electron chi connectivity index (χ0n) is 14.1. The predicted octanol–water partition coefficient (Wildman–Crippen LogP) is 4.56. The van der Waals surface area contributed by atoms with Crippen LogP contribution < -0.4 is 0 Å². The van der Waals surface area contributed by atoms with Crippen molar-refractivity contribution < 1.29 is 9.59 Å². The molecule has 0 saturated heterocycles. The fourth-order valence-electron chi connectivity index (χ4n) is 5.28. The molecule has 2 rings (SSSR count). The molecule has 2 fully saturated rings. The van der Waals surface area contributed by atoms with Gasteiger partial charge >= 0.3 is 0 Å². The minimum Gasteiger partial charge on any atom is -0.300 e. The van der Waals surface area contributed by atoms with Crippen LogP contribution in [0, 0.1) is 21.7 Å². The lowest BCUT2D eigenvalue weighted by atomic mass is 9.47. The lowest BCUT2D eigenvalue weighted by Gasteiger charge is -2.56. The molecule has 2 atom stereocenters. The normalized spacial score (nSPS) is 40.7. The van der Waals surface area contributed by atoms with Gasteiger partial charge < -0.3 is 0 Å². The van der Waals surface area contributed by atoms with Gasteiger partial charge in [0.25, 0.3) is 0 Å². The van der Waals surface area contributed by atoms with Gasteiger partial charge in [0.05, 0.1) is 0 Å². The van der Waals surface area contributed by atoms with E-state index < -0.39 is 0 Å². The van der Waals surface area contributed by atoms with Crippen LogP contribution in [0.15, 0.2) is 0 Å². The molecule has 20 heavy (non-hydrogen) atoms. The molecule has 0 N–H and O–H groups in total. The van der Waals surface area contributed by atoms with E-state index in [1.807, 2.05) is 0 Å².